The zero-order valence-electron chi connectivity index (χ0n) is 14.5. The Kier molecular flexibility index (Phi) is 3.28. The van der Waals surface area contributed by atoms with Gasteiger partial charge in [0.1, 0.15) is 0 Å². The van der Waals surface area contributed by atoms with Gasteiger partial charge in [-0.2, -0.15) is 0 Å². The van der Waals surface area contributed by atoms with E-state index in [4.69, 9.17) is 4.74 Å². The number of para-hydroxylation sites is 1. The number of hydrogen-bond acceptors (Lipinski definition) is 5. The molecule has 0 radical (unpaired) electrons. The minimum atomic E-state index is -0.197. The Morgan fingerprint density at radius 3 is 3.08 bits per heavy atom. The molecule has 2 N–H and O–H groups in total. The Morgan fingerprint density at radius 1 is 1.44 bits per heavy atom. The summed E-state index contributed by atoms with van der Waals surface area (Å²) in [7, 11) is 1.47. The minimum Gasteiger partial charge on any atom is -0.466 e. The van der Waals surface area contributed by atoms with E-state index in [1.807, 2.05) is 6.07 Å². The molecule has 4 aliphatic rings. The third-order valence-electron chi connectivity index (χ3n) is 6.89. The van der Waals surface area contributed by atoms with Crippen molar-refractivity contribution in [2.75, 3.05) is 25.6 Å². The number of hydrogen-bond donors (Lipinski definition) is 2. The number of carbonyl (C=O) groups is 1. The summed E-state index contributed by atoms with van der Waals surface area (Å²) < 4.78 is 5.13. The van der Waals surface area contributed by atoms with Crippen LogP contribution >= 0.6 is 0 Å². The number of fused-ring (bicyclic) bond motifs is 1. The molecule has 0 aromatic heterocycles. The predicted molar refractivity (Wildman–Crippen MR) is 94.1 cm³/mol. The molecule has 0 bridgehead atoms. The van der Waals surface area contributed by atoms with E-state index in [-0.39, 0.29) is 18.0 Å². The van der Waals surface area contributed by atoms with E-state index in [0.717, 1.165) is 49.2 Å². The van der Waals surface area contributed by atoms with Crippen molar-refractivity contribution in [2.24, 2.45) is 5.92 Å². The highest BCUT2D eigenvalue weighted by Crippen LogP contribution is 2.62. The number of nitrogens with one attached hydrogen (secondary N) is 1. The Balaban J connectivity index is 1.70. The lowest BCUT2D eigenvalue weighted by Crippen LogP contribution is -2.48. The highest BCUT2D eigenvalue weighted by Gasteiger charge is 2.64. The van der Waals surface area contributed by atoms with Crippen LogP contribution in [0.4, 0.5) is 5.69 Å². The first kappa shape index (κ1) is 15.4. The van der Waals surface area contributed by atoms with Gasteiger partial charge in [0.05, 0.1) is 18.1 Å². The molecule has 1 spiro atoms. The van der Waals surface area contributed by atoms with Gasteiger partial charge in [-0.25, -0.2) is 4.79 Å². The molecular formula is C20H24N2O3. The molecular weight excluding hydrogens is 316 g/mol. The van der Waals surface area contributed by atoms with Crippen molar-refractivity contribution >= 4 is 11.7 Å². The molecule has 0 unspecified atom stereocenters. The van der Waals surface area contributed by atoms with Gasteiger partial charge in [-0.15, -0.1) is 0 Å². The number of rotatable bonds is 3. The van der Waals surface area contributed by atoms with E-state index in [1.165, 1.54) is 12.7 Å². The third kappa shape index (κ3) is 1.83. The number of nitrogens with zero attached hydrogens (tertiary/aromatic N) is 1. The maximum absolute atomic E-state index is 12.6. The average molecular weight is 340 g/mol. The number of ether oxygens (including phenoxy) is 1. The fourth-order valence-corrected chi connectivity index (χ4v) is 6.15. The molecule has 5 rings (SSSR count). The molecule has 25 heavy (non-hydrogen) atoms. The molecule has 5 nitrogen and oxygen atoms in total. The summed E-state index contributed by atoms with van der Waals surface area (Å²) in [4.78, 5) is 15.2. The van der Waals surface area contributed by atoms with Gasteiger partial charge >= 0.3 is 5.97 Å². The lowest BCUT2D eigenvalue weighted by atomic mass is 9.63. The molecule has 1 aliphatic carbocycles. The van der Waals surface area contributed by atoms with Crippen LogP contribution in [0.3, 0.4) is 0 Å². The molecule has 2 saturated heterocycles. The van der Waals surface area contributed by atoms with Crippen LogP contribution in [-0.2, 0) is 14.9 Å². The topological polar surface area (TPSA) is 61.8 Å². The monoisotopic (exact) mass is 340 g/mol. The van der Waals surface area contributed by atoms with Crippen LogP contribution in [0.5, 0.6) is 0 Å². The normalized spacial score (nSPS) is 35.2. The SMILES string of the molecule is COC(=O)C1=C2Nc3ccccc3[C@@]23CCN2[C@H](CCO)C[C@@H](C1)[C@@H]23. The van der Waals surface area contributed by atoms with Crippen molar-refractivity contribution in [1.82, 2.24) is 4.90 Å². The molecule has 3 heterocycles. The van der Waals surface area contributed by atoms with Gasteiger partial charge in [-0.05, 0) is 43.2 Å². The van der Waals surface area contributed by atoms with Gasteiger partial charge in [-0.1, -0.05) is 18.2 Å². The van der Waals surface area contributed by atoms with Crippen LogP contribution in [0.15, 0.2) is 35.5 Å². The van der Waals surface area contributed by atoms with E-state index in [9.17, 15) is 9.90 Å². The predicted octanol–water partition coefficient (Wildman–Crippen LogP) is 2.03. The van der Waals surface area contributed by atoms with Crippen LogP contribution in [0, 0.1) is 5.92 Å². The van der Waals surface area contributed by atoms with Crippen molar-refractivity contribution in [3.63, 3.8) is 0 Å². The van der Waals surface area contributed by atoms with Gasteiger partial charge in [0.2, 0.25) is 0 Å². The minimum absolute atomic E-state index is 0.118. The summed E-state index contributed by atoms with van der Waals surface area (Å²) in [5.74, 6) is 0.252. The van der Waals surface area contributed by atoms with Gasteiger partial charge < -0.3 is 15.2 Å². The second kappa shape index (κ2) is 5.32. The van der Waals surface area contributed by atoms with Gasteiger partial charge in [-0.3, -0.25) is 4.90 Å². The largest absolute Gasteiger partial charge is 0.466 e. The Hall–Kier alpha value is -1.85. The maximum atomic E-state index is 12.6. The fourth-order valence-electron chi connectivity index (χ4n) is 6.15. The number of carbonyl (C=O) groups excluding carboxylic acids is 1. The lowest BCUT2D eigenvalue weighted by molar-refractivity contribution is -0.136. The van der Waals surface area contributed by atoms with Gasteiger partial charge in [0, 0.05) is 36.6 Å². The van der Waals surface area contributed by atoms with Crippen LogP contribution in [0.1, 0.15) is 31.2 Å². The van der Waals surface area contributed by atoms with E-state index >= 15 is 0 Å². The smallest absolute Gasteiger partial charge is 0.335 e. The number of methoxy groups -OCH3 is 1. The van der Waals surface area contributed by atoms with Crippen molar-refractivity contribution in [1.29, 1.82) is 0 Å². The van der Waals surface area contributed by atoms with Crippen molar-refractivity contribution < 1.29 is 14.6 Å². The molecule has 3 aliphatic heterocycles. The maximum Gasteiger partial charge on any atom is 0.335 e. The molecule has 0 saturated carbocycles. The molecule has 5 heteroatoms. The van der Waals surface area contributed by atoms with Gasteiger partial charge in [0.15, 0.2) is 0 Å². The molecule has 2 fully saturated rings. The van der Waals surface area contributed by atoms with E-state index in [2.05, 4.69) is 28.4 Å². The Bertz CT molecular complexity index is 774. The first-order valence-corrected chi connectivity index (χ1v) is 9.25. The quantitative estimate of drug-likeness (QED) is 0.825. The molecule has 4 atom stereocenters. The van der Waals surface area contributed by atoms with Crippen LogP contribution < -0.4 is 5.32 Å². The molecule has 132 valence electrons. The summed E-state index contributed by atoms with van der Waals surface area (Å²) in [6.07, 6.45) is 3.67. The second-order valence-corrected chi connectivity index (χ2v) is 7.79. The van der Waals surface area contributed by atoms with Crippen LogP contribution in [0.2, 0.25) is 0 Å². The fraction of sp³-hybridized carbons (Fsp3) is 0.550. The average Bonchev–Trinajstić information content (AvgIpc) is 3.29. The number of anilines is 1. The van der Waals surface area contributed by atoms with E-state index < -0.39 is 0 Å². The zero-order chi connectivity index (χ0) is 17.2. The second-order valence-electron chi connectivity index (χ2n) is 7.79. The number of aliphatic hydroxyl groups excluding tert-OH is 1. The molecule has 0 amide bonds. The Labute approximate surface area is 147 Å². The summed E-state index contributed by atoms with van der Waals surface area (Å²) in [6.45, 7) is 1.26. The molecule has 1 aromatic rings. The molecule has 1 aromatic carbocycles. The van der Waals surface area contributed by atoms with Crippen molar-refractivity contribution in [3.8, 4) is 0 Å². The van der Waals surface area contributed by atoms with E-state index in [1.54, 1.807) is 0 Å². The first-order chi connectivity index (χ1) is 12.2. The van der Waals surface area contributed by atoms with Crippen molar-refractivity contribution in [2.45, 2.75) is 43.2 Å². The summed E-state index contributed by atoms with van der Waals surface area (Å²) in [5, 5.41) is 13.1. The third-order valence-corrected chi connectivity index (χ3v) is 6.89. The van der Waals surface area contributed by atoms with E-state index in [0.29, 0.717) is 18.0 Å². The first-order valence-electron chi connectivity index (χ1n) is 9.25. The zero-order valence-corrected chi connectivity index (χ0v) is 14.5. The summed E-state index contributed by atoms with van der Waals surface area (Å²) >= 11 is 0. The summed E-state index contributed by atoms with van der Waals surface area (Å²) in [6, 6.07) is 9.32. The standard InChI is InChI=1S/C20H24N2O3/c1-25-19(24)14-11-12-10-13(6-9-23)22-8-7-20(18(12)22)15-4-2-3-5-16(15)21-17(14)20/h2-5,12-13,18,21,23H,6-11H2,1H3/t12-,13+,18+,20-/m0/s1. The van der Waals surface area contributed by atoms with Gasteiger partial charge in [0.25, 0.3) is 0 Å². The summed E-state index contributed by atoms with van der Waals surface area (Å²) in [5.41, 5.74) is 4.24. The Morgan fingerprint density at radius 2 is 2.28 bits per heavy atom. The lowest BCUT2D eigenvalue weighted by Gasteiger charge is -2.41. The number of benzene rings is 1. The number of aliphatic hydroxyl groups is 1. The van der Waals surface area contributed by atoms with Crippen LogP contribution in [0.25, 0.3) is 0 Å². The van der Waals surface area contributed by atoms with Crippen molar-refractivity contribution in [3.05, 3.63) is 41.1 Å². The highest BCUT2D eigenvalue weighted by atomic mass is 16.5. The van der Waals surface area contributed by atoms with Crippen LogP contribution in [-0.4, -0.2) is 48.3 Å². The highest BCUT2D eigenvalue weighted by molar-refractivity contribution is 5.93. The number of esters is 1.